The fourth-order valence-electron chi connectivity index (χ4n) is 2.85. The zero-order valence-electron chi connectivity index (χ0n) is 15.6. The van der Waals surface area contributed by atoms with Crippen molar-refractivity contribution in [2.45, 2.75) is 32.6 Å². The highest BCUT2D eigenvalue weighted by atomic mass is 35.5. The molecular formula is C21H24ClNO4. The fourth-order valence-corrected chi connectivity index (χ4v) is 3.05. The van der Waals surface area contributed by atoms with Gasteiger partial charge < -0.3 is 19.5 Å². The Kier molecular flexibility index (Phi) is 6.45. The summed E-state index contributed by atoms with van der Waals surface area (Å²) in [6, 6.07) is 11.1. The van der Waals surface area contributed by atoms with E-state index in [0.717, 1.165) is 24.2 Å². The lowest BCUT2D eigenvalue weighted by atomic mass is 9.98. The molecule has 0 aliphatic carbocycles. The summed E-state index contributed by atoms with van der Waals surface area (Å²) in [7, 11) is 0. The van der Waals surface area contributed by atoms with Gasteiger partial charge in [0.05, 0.1) is 23.9 Å². The van der Waals surface area contributed by atoms with E-state index in [4.69, 9.17) is 25.8 Å². The summed E-state index contributed by atoms with van der Waals surface area (Å²) in [4.78, 5) is 12.4. The van der Waals surface area contributed by atoms with Gasteiger partial charge in [0.15, 0.2) is 18.1 Å². The van der Waals surface area contributed by atoms with E-state index < -0.39 is 0 Å². The minimum Gasteiger partial charge on any atom is -0.490 e. The molecule has 1 N–H and O–H groups in total. The number of para-hydroxylation sites is 1. The third kappa shape index (κ3) is 4.86. The van der Waals surface area contributed by atoms with Crippen LogP contribution in [0.1, 0.15) is 38.2 Å². The Bertz CT molecular complexity index is 809. The van der Waals surface area contributed by atoms with Gasteiger partial charge in [-0.15, -0.1) is 0 Å². The van der Waals surface area contributed by atoms with Crippen LogP contribution in [-0.4, -0.2) is 25.7 Å². The van der Waals surface area contributed by atoms with Crippen molar-refractivity contribution in [1.82, 2.24) is 0 Å². The maximum atomic E-state index is 12.4. The third-order valence-electron chi connectivity index (χ3n) is 4.53. The van der Waals surface area contributed by atoms with E-state index in [9.17, 15) is 4.79 Å². The van der Waals surface area contributed by atoms with Crippen molar-refractivity contribution in [2.75, 3.05) is 25.1 Å². The summed E-state index contributed by atoms with van der Waals surface area (Å²) in [6.07, 6.45) is 1.80. The normalized spacial score (nSPS) is 14.2. The largest absolute Gasteiger partial charge is 0.490 e. The highest BCUT2D eigenvalue weighted by molar-refractivity contribution is 6.34. The molecule has 1 unspecified atom stereocenters. The molecule has 0 fully saturated rings. The van der Waals surface area contributed by atoms with Crippen molar-refractivity contribution in [3.05, 3.63) is 47.0 Å². The Balaban J connectivity index is 1.66. The average Bonchev–Trinajstić information content (AvgIpc) is 2.91. The first-order valence-electron chi connectivity index (χ1n) is 9.19. The quantitative estimate of drug-likeness (QED) is 0.752. The van der Waals surface area contributed by atoms with Gasteiger partial charge in [-0.1, -0.05) is 43.6 Å². The van der Waals surface area contributed by atoms with Gasteiger partial charge in [0.2, 0.25) is 0 Å². The van der Waals surface area contributed by atoms with Crippen LogP contribution >= 0.6 is 11.6 Å². The van der Waals surface area contributed by atoms with Crippen LogP contribution in [-0.2, 0) is 4.79 Å². The first kappa shape index (κ1) is 19.4. The molecule has 6 heteroatoms. The molecule has 2 aromatic carbocycles. The molecule has 5 nitrogen and oxygen atoms in total. The molecule has 27 heavy (non-hydrogen) atoms. The molecular weight excluding hydrogens is 366 g/mol. The number of fused-ring (bicyclic) bond motifs is 1. The lowest BCUT2D eigenvalue weighted by molar-refractivity contribution is -0.118. The monoisotopic (exact) mass is 389 g/mol. The third-order valence-corrected chi connectivity index (χ3v) is 4.85. The van der Waals surface area contributed by atoms with Crippen molar-refractivity contribution >= 4 is 23.2 Å². The minimum atomic E-state index is -0.287. The van der Waals surface area contributed by atoms with Crippen molar-refractivity contribution in [2.24, 2.45) is 0 Å². The molecule has 0 saturated heterocycles. The zero-order valence-corrected chi connectivity index (χ0v) is 16.3. The summed E-state index contributed by atoms with van der Waals surface area (Å²) in [6.45, 7) is 5.31. The number of anilines is 1. The molecule has 1 atom stereocenters. The van der Waals surface area contributed by atoms with E-state index in [0.29, 0.717) is 41.3 Å². The molecule has 0 radical (unpaired) electrons. The lowest BCUT2D eigenvalue weighted by Crippen LogP contribution is -2.21. The van der Waals surface area contributed by atoms with E-state index in [1.807, 2.05) is 24.3 Å². The summed E-state index contributed by atoms with van der Waals surface area (Å²) >= 11 is 6.27. The molecule has 0 saturated carbocycles. The van der Waals surface area contributed by atoms with Gasteiger partial charge in [0, 0.05) is 18.6 Å². The maximum absolute atomic E-state index is 12.4. The zero-order chi connectivity index (χ0) is 19.2. The van der Waals surface area contributed by atoms with Crippen molar-refractivity contribution < 1.29 is 19.0 Å². The topological polar surface area (TPSA) is 56.8 Å². The first-order chi connectivity index (χ1) is 13.1. The molecule has 1 aliphatic heterocycles. The van der Waals surface area contributed by atoms with Crippen LogP contribution in [0.15, 0.2) is 36.4 Å². The van der Waals surface area contributed by atoms with E-state index in [1.165, 1.54) is 0 Å². The summed E-state index contributed by atoms with van der Waals surface area (Å²) < 4.78 is 17.0. The Morgan fingerprint density at radius 3 is 2.67 bits per heavy atom. The van der Waals surface area contributed by atoms with Crippen LogP contribution in [0.2, 0.25) is 5.02 Å². The number of ether oxygens (including phenoxy) is 3. The molecule has 0 spiro atoms. The number of halogens is 1. The van der Waals surface area contributed by atoms with Gasteiger partial charge in [-0.3, -0.25) is 4.79 Å². The summed E-state index contributed by atoms with van der Waals surface area (Å²) in [5.41, 5.74) is 1.58. The lowest BCUT2D eigenvalue weighted by Gasteiger charge is -2.16. The van der Waals surface area contributed by atoms with Gasteiger partial charge in [-0.05, 0) is 24.0 Å². The van der Waals surface area contributed by atoms with Crippen molar-refractivity contribution in [3.8, 4) is 17.2 Å². The van der Waals surface area contributed by atoms with Crippen LogP contribution < -0.4 is 19.5 Å². The molecule has 2 aromatic rings. The van der Waals surface area contributed by atoms with Gasteiger partial charge in [0.1, 0.15) is 5.75 Å². The molecule has 1 amide bonds. The Labute approximate surface area is 164 Å². The number of hydrogen-bond acceptors (Lipinski definition) is 4. The van der Waals surface area contributed by atoms with Crippen molar-refractivity contribution in [1.29, 1.82) is 0 Å². The number of amides is 1. The summed E-state index contributed by atoms with van der Waals surface area (Å²) in [5, 5.41) is 3.18. The molecule has 1 heterocycles. The maximum Gasteiger partial charge on any atom is 0.262 e. The minimum absolute atomic E-state index is 0.0990. The second kappa shape index (κ2) is 9.00. The number of carbonyl (C=O) groups is 1. The van der Waals surface area contributed by atoms with Crippen LogP contribution in [0.25, 0.3) is 0 Å². The second-order valence-corrected chi connectivity index (χ2v) is 6.92. The highest BCUT2D eigenvalue weighted by Gasteiger charge is 2.16. The number of hydrogen-bond donors (Lipinski definition) is 1. The first-order valence-corrected chi connectivity index (χ1v) is 9.57. The number of carbonyl (C=O) groups excluding carboxylic acids is 1. The molecule has 144 valence electrons. The van der Waals surface area contributed by atoms with E-state index >= 15 is 0 Å². The molecule has 0 bridgehead atoms. The van der Waals surface area contributed by atoms with Gasteiger partial charge in [-0.2, -0.15) is 0 Å². The number of nitrogens with one attached hydrogen (secondary N) is 1. The van der Waals surface area contributed by atoms with Crippen LogP contribution in [0, 0.1) is 0 Å². The van der Waals surface area contributed by atoms with Gasteiger partial charge in [0.25, 0.3) is 5.91 Å². The molecule has 3 rings (SSSR count). The standard InChI is InChI=1S/C21H24ClNO4/c1-3-14(2)15-7-4-5-8-18(15)27-13-21(24)23-17-12-20-19(11-16(17)22)25-9-6-10-26-20/h4-5,7-8,11-12,14H,3,6,9-10,13H2,1-2H3,(H,23,24). The van der Waals surface area contributed by atoms with E-state index in [1.54, 1.807) is 12.1 Å². The molecule has 0 aromatic heterocycles. The highest BCUT2D eigenvalue weighted by Crippen LogP contribution is 2.37. The van der Waals surface area contributed by atoms with Crippen LogP contribution in [0.5, 0.6) is 17.2 Å². The smallest absolute Gasteiger partial charge is 0.262 e. The van der Waals surface area contributed by atoms with Crippen LogP contribution in [0.4, 0.5) is 5.69 Å². The predicted octanol–water partition coefficient (Wildman–Crippen LogP) is 5.03. The van der Waals surface area contributed by atoms with E-state index in [-0.39, 0.29) is 12.5 Å². The van der Waals surface area contributed by atoms with Gasteiger partial charge in [-0.25, -0.2) is 0 Å². The summed E-state index contributed by atoms with van der Waals surface area (Å²) in [5.74, 6) is 1.97. The van der Waals surface area contributed by atoms with Gasteiger partial charge >= 0.3 is 0 Å². The van der Waals surface area contributed by atoms with Crippen LogP contribution in [0.3, 0.4) is 0 Å². The molecule has 1 aliphatic rings. The fraction of sp³-hybridized carbons (Fsp3) is 0.381. The second-order valence-electron chi connectivity index (χ2n) is 6.51. The Morgan fingerprint density at radius 1 is 1.22 bits per heavy atom. The number of benzene rings is 2. The van der Waals surface area contributed by atoms with Crippen molar-refractivity contribution in [3.63, 3.8) is 0 Å². The Hall–Kier alpha value is -2.40. The predicted molar refractivity (Wildman–Crippen MR) is 106 cm³/mol. The SMILES string of the molecule is CCC(C)c1ccccc1OCC(=O)Nc1cc2c(cc1Cl)OCCCO2. The number of rotatable bonds is 6. The Morgan fingerprint density at radius 2 is 1.93 bits per heavy atom. The average molecular weight is 390 g/mol. The van der Waals surface area contributed by atoms with E-state index in [2.05, 4.69) is 19.2 Å².